The van der Waals surface area contributed by atoms with E-state index in [0.717, 1.165) is 16.5 Å². The maximum absolute atomic E-state index is 13.6. The van der Waals surface area contributed by atoms with E-state index in [2.05, 4.69) is 146 Å². The molecule has 44 heavy (non-hydrogen) atoms. The predicted molar refractivity (Wildman–Crippen MR) is 188 cm³/mol. The van der Waals surface area contributed by atoms with Crippen molar-refractivity contribution in [2.45, 2.75) is 17.2 Å². The molecule has 0 fully saturated rings. The molecule has 214 valence electrons. The molecule has 1 nitrogen and oxygen atoms in total. The number of rotatable bonds is 6. The van der Waals surface area contributed by atoms with Crippen LogP contribution >= 0.6 is 11.8 Å². The van der Waals surface area contributed by atoms with Crippen molar-refractivity contribution in [1.29, 1.82) is 0 Å². The highest BCUT2D eigenvalue weighted by molar-refractivity contribution is 8.00. The van der Waals surface area contributed by atoms with Gasteiger partial charge in [-0.1, -0.05) is 139 Å². The molecule has 0 aromatic heterocycles. The van der Waals surface area contributed by atoms with Crippen molar-refractivity contribution >= 4 is 40.4 Å². The fraction of sp³-hybridized carbons (Fsp3) is 0.0732. The van der Waals surface area contributed by atoms with Crippen molar-refractivity contribution in [3.05, 3.63) is 168 Å². The van der Waals surface area contributed by atoms with Crippen LogP contribution in [0.3, 0.4) is 0 Å². The van der Waals surface area contributed by atoms with Gasteiger partial charge in [0.2, 0.25) is 0 Å². The summed E-state index contributed by atoms with van der Waals surface area (Å²) in [7, 11) is 0. The Balaban J connectivity index is 1.16. The average molecular weight is 590 g/mol. The second kappa shape index (κ2) is 12.4. The number of hydrogen-bond donors (Lipinski definition) is 1. The molecule has 0 amide bonds. The van der Waals surface area contributed by atoms with Gasteiger partial charge in [0, 0.05) is 16.5 Å². The fourth-order valence-electron chi connectivity index (χ4n) is 6.00. The Bertz CT molecular complexity index is 1970. The maximum Gasteiger partial charge on any atom is 0.123 e. The van der Waals surface area contributed by atoms with E-state index < -0.39 is 0 Å². The van der Waals surface area contributed by atoms with Crippen LogP contribution in [-0.4, -0.2) is 5.37 Å². The van der Waals surface area contributed by atoms with Crippen LogP contribution in [0.2, 0.25) is 0 Å². The number of benzene rings is 5. The number of nitrogens with one attached hydrogen (secondary N) is 1. The van der Waals surface area contributed by atoms with Crippen molar-refractivity contribution in [3.8, 4) is 22.3 Å². The van der Waals surface area contributed by atoms with Crippen LogP contribution in [-0.2, 0) is 0 Å². The van der Waals surface area contributed by atoms with E-state index in [1.54, 1.807) is 0 Å². The summed E-state index contributed by atoms with van der Waals surface area (Å²) in [5.74, 6) is -0.0514. The van der Waals surface area contributed by atoms with Gasteiger partial charge >= 0.3 is 0 Å². The molecule has 0 radical (unpaired) electrons. The molecule has 0 saturated heterocycles. The van der Waals surface area contributed by atoms with Gasteiger partial charge in [0.15, 0.2) is 0 Å². The molecule has 1 N–H and O–H groups in total. The smallest absolute Gasteiger partial charge is 0.123 e. The number of para-hydroxylation sites is 1. The lowest BCUT2D eigenvalue weighted by Gasteiger charge is -2.13. The number of thioether (sulfide) groups is 1. The van der Waals surface area contributed by atoms with Gasteiger partial charge in [0.1, 0.15) is 5.82 Å². The highest BCUT2D eigenvalue weighted by atomic mass is 32.2. The van der Waals surface area contributed by atoms with Crippen LogP contribution in [0.5, 0.6) is 0 Å². The second-order valence-electron chi connectivity index (χ2n) is 11.0. The Labute approximate surface area is 262 Å². The normalized spacial score (nSPS) is 17.6. The first-order valence-electron chi connectivity index (χ1n) is 15.0. The zero-order chi connectivity index (χ0) is 29.9. The Kier molecular flexibility index (Phi) is 7.87. The largest absolute Gasteiger partial charge is 0.369 e. The van der Waals surface area contributed by atoms with Crippen LogP contribution in [0, 0.1) is 11.7 Å². The third kappa shape index (κ3) is 5.71. The number of fused-ring (bicyclic) bond motifs is 3. The first-order chi connectivity index (χ1) is 21.7. The van der Waals surface area contributed by atoms with Crippen molar-refractivity contribution in [3.63, 3.8) is 0 Å². The third-order valence-electron chi connectivity index (χ3n) is 8.20. The fourth-order valence-corrected chi connectivity index (χ4v) is 7.04. The lowest BCUT2D eigenvalue weighted by atomic mass is 9.91. The summed E-state index contributed by atoms with van der Waals surface area (Å²) in [4.78, 5) is 1.29. The van der Waals surface area contributed by atoms with E-state index in [4.69, 9.17) is 0 Å². The molecular formula is C41H32FNS. The minimum Gasteiger partial charge on any atom is -0.369 e. The van der Waals surface area contributed by atoms with Gasteiger partial charge in [-0.05, 0) is 87.0 Å². The van der Waals surface area contributed by atoms with Gasteiger partial charge in [0.25, 0.3) is 0 Å². The molecule has 7 rings (SSSR count). The lowest BCUT2D eigenvalue weighted by molar-refractivity contribution is 0.628. The minimum absolute atomic E-state index is 0.170. The zero-order valence-corrected chi connectivity index (χ0v) is 25.3. The molecule has 1 heterocycles. The van der Waals surface area contributed by atoms with Crippen LogP contribution in [0.4, 0.5) is 10.1 Å². The molecule has 2 atom stereocenters. The number of halogens is 1. The van der Waals surface area contributed by atoms with E-state index >= 15 is 0 Å². The van der Waals surface area contributed by atoms with Crippen LogP contribution in [0.15, 0.2) is 156 Å². The SMILES string of the molecule is C\C=C/C(=C\C=C\C1Nc2ccccc2S1)C1C=Cc2ccc(-c3ccc(-c4ccc(F)cc4)c4ccccc34)cc2C=C1. The van der Waals surface area contributed by atoms with E-state index in [0.29, 0.717) is 0 Å². The number of hydrogen-bond acceptors (Lipinski definition) is 2. The summed E-state index contributed by atoms with van der Waals surface area (Å²) >= 11 is 1.84. The van der Waals surface area contributed by atoms with Gasteiger partial charge in [-0.15, -0.1) is 0 Å². The highest BCUT2D eigenvalue weighted by Gasteiger charge is 2.18. The maximum atomic E-state index is 13.6. The Morgan fingerprint density at radius 1 is 0.750 bits per heavy atom. The standard InChI is InChI=1S/C41H32FNS/c1-2-8-28(9-7-14-41-43-39-12-5-6-13-40(39)44-41)29-15-16-30-18-20-33(27-32(30)19-17-29)36-26-25-35(31-21-23-34(42)24-22-31)37-10-3-4-11-38(36)37/h2-27,29,41,43H,1H3/b8-2-,14-7+,28-9+. The first kappa shape index (κ1) is 27.9. The molecule has 2 unspecified atom stereocenters. The number of allylic oxidation sites excluding steroid dienone is 7. The highest BCUT2D eigenvalue weighted by Crippen LogP contribution is 2.39. The topological polar surface area (TPSA) is 12.0 Å². The Hall–Kier alpha value is -4.86. The van der Waals surface area contributed by atoms with Crippen molar-refractivity contribution in [2.75, 3.05) is 5.32 Å². The molecule has 1 aliphatic carbocycles. The molecule has 2 aliphatic rings. The van der Waals surface area contributed by atoms with Crippen LogP contribution in [0.25, 0.3) is 45.2 Å². The van der Waals surface area contributed by atoms with Gasteiger partial charge in [-0.25, -0.2) is 4.39 Å². The van der Waals surface area contributed by atoms with Gasteiger partial charge in [0.05, 0.1) is 5.37 Å². The molecule has 5 aromatic carbocycles. The summed E-state index contributed by atoms with van der Waals surface area (Å²) in [5.41, 5.74) is 9.34. The predicted octanol–water partition coefficient (Wildman–Crippen LogP) is 11.6. The number of anilines is 1. The molecule has 1 aliphatic heterocycles. The zero-order valence-electron chi connectivity index (χ0n) is 24.5. The minimum atomic E-state index is -0.222. The molecular weight excluding hydrogens is 558 g/mol. The molecule has 0 bridgehead atoms. The summed E-state index contributed by atoms with van der Waals surface area (Å²) in [6.45, 7) is 2.07. The van der Waals surface area contributed by atoms with Crippen molar-refractivity contribution in [2.24, 2.45) is 5.92 Å². The first-order valence-corrected chi connectivity index (χ1v) is 15.9. The molecule has 3 heteroatoms. The Morgan fingerprint density at radius 2 is 1.43 bits per heavy atom. The Morgan fingerprint density at radius 3 is 2.18 bits per heavy atom. The molecule has 5 aromatic rings. The van der Waals surface area contributed by atoms with Crippen LogP contribution < -0.4 is 5.32 Å². The summed E-state index contributed by atoms with van der Waals surface area (Å²) < 4.78 is 13.6. The van der Waals surface area contributed by atoms with E-state index in [1.165, 1.54) is 55.9 Å². The van der Waals surface area contributed by atoms with E-state index in [1.807, 2.05) is 23.9 Å². The summed E-state index contributed by atoms with van der Waals surface area (Å²) in [6.07, 6.45) is 20.0. The van der Waals surface area contributed by atoms with Crippen molar-refractivity contribution in [1.82, 2.24) is 0 Å². The summed E-state index contributed by atoms with van der Waals surface area (Å²) in [5, 5.41) is 6.15. The lowest BCUT2D eigenvalue weighted by Crippen LogP contribution is -2.05. The van der Waals surface area contributed by atoms with Gasteiger partial charge in [-0.2, -0.15) is 0 Å². The second-order valence-corrected chi connectivity index (χ2v) is 12.2. The van der Waals surface area contributed by atoms with E-state index in [9.17, 15) is 4.39 Å². The van der Waals surface area contributed by atoms with E-state index in [-0.39, 0.29) is 17.1 Å². The average Bonchev–Trinajstić information content (AvgIpc) is 3.36. The monoisotopic (exact) mass is 589 g/mol. The quantitative estimate of drug-likeness (QED) is 0.198. The van der Waals surface area contributed by atoms with Gasteiger partial charge < -0.3 is 5.32 Å². The van der Waals surface area contributed by atoms with Gasteiger partial charge in [-0.3, -0.25) is 0 Å². The third-order valence-corrected chi connectivity index (χ3v) is 9.34. The summed E-state index contributed by atoms with van der Waals surface area (Å²) in [6, 6.07) is 34.7. The van der Waals surface area contributed by atoms with Crippen molar-refractivity contribution < 1.29 is 4.39 Å². The molecule has 0 spiro atoms. The van der Waals surface area contributed by atoms with Crippen LogP contribution in [0.1, 0.15) is 18.1 Å². The molecule has 0 saturated carbocycles.